The average Bonchev–Trinajstić information content (AvgIpc) is 3.43. The number of hydrogen-bond donors (Lipinski definition) is 0. The number of rotatable bonds is 7. The maximum absolute atomic E-state index is 13.0. The van der Waals surface area contributed by atoms with Crippen molar-refractivity contribution in [1.82, 2.24) is 18.9 Å². The summed E-state index contributed by atoms with van der Waals surface area (Å²) in [6.07, 6.45) is 4.90. The van der Waals surface area contributed by atoms with Crippen molar-refractivity contribution in [3.63, 3.8) is 0 Å². The average molecular weight is 501 g/mol. The number of hydrogen-bond acceptors (Lipinski definition) is 5. The molecule has 0 bridgehead atoms. The lowest BCUT2D eigenvalue weighted by Crippen LogP contribution is -2.36. The molecule has 3 aromatic rings. The van der Waals surface area contributed by atoms with Gasteiger partial charge in [0.05, 0.1) is 18.3 Å². The van der Waals surface area contributed by atoms with E-state index in [1.54, 1.807) is 27.6 Å². The van der Waals surface area contributed by atoms with E-state index >= 15 is 0 Å². The Hall–Kier alpha value is -3.00. The van der Waals surface area contributed by atoms with Crippen LogP contribution in [-0.4, -0.2) is 49.7 Å². The van der Waals surface area contributed by atoms with Crippen LogP contribution in [0.25, 0.3) is 17.0 Å². The number of halogens is 1. The Kier molecular flexibility index (Phi) is 7.40. The summed E-state index contributed by atoms with van der Waals surface area (Å²) in [6, 6.07) is 8.90. The molecule has 0 unspecified atom stereocenters. The molecule has 0 saturated carbocycles. The van der Waals surface area contributed by atoms with E-state index in [1.165, 1.54) is 6.07 Å². The van der Waals surface area contributed by atoms with Crippen molar-refractivity contribution in [1.29, 1.82) is 0 Å². The summed E-state index contributed by atoms with van der Waals surface area (Å²) in [6.45, 7) is 9.33. The highest BCUT2D eigenvalue weighted by Gasteiger charge is 2.31. The van der Waals surface area contributed by atoms with Gasteiger partial charge >= 0.3 is 6.09 Å². The summed E-state index contributed by atoms with van der Waals surface area (Å²) in [4.78, 5) is 31.9. The molecule has 1 amide bonds. The molecule has 1 saturated heterocycles. The van der Waals surface area contributed by atoms with Gasteiger partial charge in [0.15, 0.2) is 0 Å². The molecule has 8 nitrogen and oxygen atoms in total. The molecule has 1 aromatic carbocycles. The standard InChI is InChI=1S/C26H33ClN4O4/c1-5-6-7-13-30-23(34-20-12-14-29(16-20)25(33)35-26(2,3)4)15-22(32)31-17-21(28-24(30)31)18-8-10-19(27)11-9-18/h8-11,15,17,20H,5-7,12-14,16H2,1-4H3/t20-/m1/s1. The second kappa shape index (κ2) is 10.3. The number of ether oxygens (including phenoxy) is 2. The lowest BCUT2D eigenvalue weighted by atomic mass is 10.2. The maximum Gasteiger partial charge on any atom is 0.410 e. The summed E-state index contributed by atoms with van der Waals surface area (Å²) in [5, 5.41) is 0.643. The molecule has 1 atom stereocenters. The summed E-state index contributed by atoms with van der Waals surface area (Å²) < 4.78 is 15.3. The highest BCUT2D eigenvalue weighted by atomic mass is 35.5. The van der Waals surface area contributed by atoms with Gasteiger partial charge in [0.2, 0.25) is 11.7 Å². The molecular weight excluding hydrogens is 468 g/mol. The SMILES string of the molecule is CCCCCn1c(O[C@@H]2CCN(C(=O)OC(C)(C)C)C2)cc(=O)n2cc(-c3ccc(Cl)cc3)nc12. The minimum Gasteiger partial charge on any atom is -0.473 e. The summed E-state index contributed by atoms with van der Waals surface area (Å²) in [5.41, 5.74) is 0.806. The fourth-order valence-corrected chi connectivity index (χ4v) is 4.28. The maximum atomic E-state index is 13.0. The normalized spacial score (nSPS) is 16.1. The second-order valence-electron chi connectivity index (χ2n) is 9.94. The van der Waals surface area contributed by atoms with E-state index in [2.05, 4.69) is 6.92 Å². The molecule has 188 valence electrons. The van der Waals surface area contributed by atoms with Crippen molar-refractivity contribution in [2.75, 3.05) is 13.1 Å². The molecule has 9 heteroatoms. The second-order valence-corrected chi connectivity index (χ2v) is 10.4. The van der Waals surface area contributed by atoms with Gasteiger partial charge in [-0.25, -0.2) is 9.78 Å². The molecule has 0 aliphatic carbocycles. The molecule has 0 N–H and O–H groups in total. The molecule has 1 aliphatic heterocycles. The molecule has 3 heterocycles. The Morgan fingerprint density at radius 3 is 2.63 bits per heavy atom. The zero-order chi connectivity index (χ0) is 25.2. The van der Waals surface area contributed by atoms with E-state index in [1.807, 2.05) is 37.5 Å². The first-order chi connectivity index (χ1) is 16.6. The largest absolute Gasteiger partial charge is 0.473 e. The van der Waals surface area contributed by atoms with Gasteiger partial charge in [0.1, 0.15) is 11.7 Å². The number of fused-ring (bicyclic) bond motifs is 1. The summed E-state index contributed by atoms with van der Waals surface area (Å²) >= 11 is 6.03. The number of aryl methyl sites for hydroxylation is 1. The van der Waals surface area contributed by atoms with Crippen LogP contribution < -0.4 is 10.3 Å². The van der Waals surface area contributed by atoms with Crippen molar-refractivity contribution in [3.05, 3.63) is 51.9 Å². The number of unbranched alkanes of at least 4 members (excludes halogenated alkanes) is 2. The lowest BCUT2D eigenvalue weighted by molar-refractivity contribution is 0.0274. The van der Waals surface area contributed by atoms with Crippen LogP contribution in [0.3, 0.4) is 0 Å². The van der Waals surface area contributed by atoms with Gasteiger partial charge in [0, 0.05) is 36.3 Å². The van der Waals surface area contributed by atoms with Crippen LogP contribution in [0.4, 0.5) is 4.79 Å². The Balaban J connectivity index is 1.63. The lowest BCUT2D eigenvalue weighted by Gasteiger charge is -2.24. The van der Waals surface area contributed by atoms with Crippen LogP contribution in [0.1, 0.15) is 53.4 Å². The molecule has 1 fully saturated rings. The number of imidazole rings is 1. The molecule has 35 heavy (non-hydrogen) atoms. The van der Waals surface area contributed by atoms with Crippen molar-refractivity contribution in [2.24, 2.45) is 0 Å². The molecule has 0 radical (unpaired) electrons. The number of amides is 1. The van der Waals surface area contributed by atoms with E-state index in [0.717, 1.165) is 24.8 Å². The molecule has 4 rings (SSSR count). The molecular formula is C26H33ClN4O4. The van der Waals surface area contributed by atoms with Gasteiger partial charge in [-0.15, -0.1) is 0 Å². The highest BCUT2D eigenvalue weighted by molar-refractivity contribution is 6.30. The first kappa shape index (κ1) is 25.1. The third-order valence-electron chi connectivity index (χ3n) is 5.89. The number of carbonyl (C=O) groups is 1. The van der Waals surface area contributed by atoms with Crippen molar-refractivity contribution in [3.8, 4) is 17.1 Å². The fraction of sp³-hybridized carbons (Fsp3) is 0.500. The minimum atomic E-state index is -0.552. The zero-order valence-electron chi connectivity index (χ0n) is 20.8. The molecule has 1 aliphatic rings. The fourth-order valence-electron chi connectivity index (χ4n) is 4.15. The number of carbonyl (C=O) groups excluding carboxylic acids is 1. The van der Waals surface area contributed by atoms with Crippen LogP contribution >= 0.6 is 11.6 Å². The van der Waals surface area contributed by atoms with Crippen LogP contribution in [0.2, 0.25) is 5.02 Å². The van der Waals surface area contributed by atoms with Crippen molar-refractivity contribution < 1.29 is 14.3 Å². The number of benzene rings is 1. The van der Waals surface area contributed by atoms with Gasteiger partial charge in [-0.3, -0.25) is 13.8 Å². The van der Waals surface area contributed by atoms with Gasteiger partial charge in [0.25, 0.3) is 5.56 Å². The Morgan fingerprint density at radius 2 is 1.94 bits per heavy atom. The van der Waals surface area contributed by atoms with E-state index in [-0.39, 0.29) is 17.8 Å². The Morgan fingerprint density at radius 1 is 1.20 bits per heavy atom. The number of nitrogens with zero attached hydrogens (tertiary/aromatic N) is 4. The quantitative estimate of drug-likeness (QED) is 0.406. The van der Waals surface area contributed by atoms with E-state index in [9.17, 15) is 9.59 Å². The number of aromatic nitrogens is 3. The van der Waals surface area contributed by atoms with Crippen LogP contribution in [0.15, 0.2) is 41.3 Å². The zero-order valence-corrected chi connectivity index (χ0v) is 21.5. The van der Waals surface area contributed by atoms with Crippen molar-refractivity contribution >= 4 is 23.5 Å². The van der Waals surface area contributed by atoms with E-state index in [4.69, 9.17) is 26.1 Å². The Bertz CT molecular complexity index is 1240. The molecule has 0 spiro atoms. The Labute approximate surface area is 210 Å². The first-order valence-electron chi connectivity index (χ1n) is 12.2. The first-order valence-corrected chi connectivity index (χ1v) is 12.6. The van der Waals surface area contributed by atoms with Crippen LogP contribution in [0.5, 0.6) is 5.88 Å². The highest BCUT2D eigenvalue weighted by Crippen LogP contribution is 2.25. The van der Waals surface area contributed by atoms with Gasteiger partial charge in [-0.2, -0.15) is 0 Å². The van der Waals surface area contributed by atoms with Gasteiger partial charge < -0.3 is 14.4 Å². The minimum absolute atomic E-state index is 0.212. The van der Waals surface area contributed by atoms with Crippen LogP contribution in [0, 0.1) is 0 Å². The predicted octanol–water partition coefficient (Wildman–Crippen LogP) is 5.39. The monoisotopic (exact) mass is 500 g/mol. The van der Waals surface area contributed by atoms with Gasteiger partial charge in [-0.1, -0.05) is 43.5 Å². The topological polar surface area (TPSA) is 78.1 Å². The molecule has 2 aromatic heterocycles. The smallest absolute Gasteiger partial charge is 0.410 e. The van der Waals surface area contributed by atoms with Gasteiger partial charge in [-0.05, 0) is 39.3 Å². The summed E-state index contributed by atoms with van der Waals surface area (Å²) in [7, 11) is 0. The summed E-state index contributed by atoms with van der Waals surface area (Å²) in [5.74, 6) is 1.01. The van der Waals surface area contributed by atoms with E-state index in [0.29, 0.717) is 48.4 Å². The third kappa shape index (κ3) is 5.99. The van der Waals surface area contributed by atoms with E-state index < -0.39 is 5.60 Å². The third-order valence-corrected chi connectivity index (χ3v) is 6.14. The van der Waals surface area contributed by atoms with Crippen LogP contribution in [-0.2, 0) is 11.3 Å². The predicted molar refractivity (Wildman–Crippen MR) is 136 cm³/mol. The number of likely N-dealkylation sites (tertiary alicyclic amines) is 1. The van der Waals surface area contributed by atoms with Crippen molar-refractivity contribution in [2.45, 2.75) is 71.6 Å².